The lowest BCUT2D eigenvalue weighted by Gasteiger charge is -2.12. The van der Waals surface area contributed by atoms with Crippen LogP contribution < -0.4 is 5.73 Å². The van der Waals surface area contributed by atoms with Crippen molar-refractivity contribution in [3.63, 3.8) is 0 Å². The Morgan fingerprint density at radius 1 is 1.17 bits per heavy atom. The van der Waals surface area contributed by atoms with Crippen molar-refractivity contribution in [3.8, 4) is 0 Å². The number of nitrogens with zero attached hydrogens (tertiary/aromatic N) is 1. The third kappa shape index (κ3) is 3.06. The number of hydrogen-bond donors (Lipinski definition) is 1. The van der Waals surface area contributed by atoms with E-state index in [1.165, 1.54) is 22.9 Å². The Bertz CT molecular complexity index is 502. The van der Waals surface area contributed by atoms with E-state index in [-0.39, 0.29) is 18.4 Å². The number of nitrogens with two attached hydrogens (primary N) is 1. The first-order valence-electron chi connectivity index (χ1n) is 6.39. The van der Waals surface area contributed by atoms with Crippen LogP contribution in [0.3, 0.4) is 0 Å². The van der Waals surface area contributed by atoms with Crippen LogP contribution in [0.5, 0.6) is 0 Å². The number of para-hydroxylation sites is 1. The molecule has 0 bridgehead atoms. The van der Waals surface area contributed by atoms with Gasteiger partial charge in [0.15, 0.2) is 0 Å². The van der Waals surface area contributed by atoms with Gasteiger partial charge in [-0.05, 0) is 30.4 Å². The topological polar surface area (TPSA) is 30.9 Å². The molecule has 1 atom stereocenters. The summed E-state index contributed by atoms with van der Waals surface area (Å²) in [6.07, 6.45) is 4.42. The quantitative estimate of drug-likeness (QED) is 0.890. The van der Waals surface area contributed by atoms with Gasteiger partial charge in [-0.25, -0.2) is 0 Å². The Morgan fingerprint density at radius 3 is 2.50 bits per heavy atom. The maximum absolute atomic E-state index is 6.31. The van der Waals surface area contributed by atoms with Gasteiger partial charge in [-0.3, -0.25) is 0 Å². The summed E-state index contributed by atoms with van der Waals surface area (Å²) < 4.78 is 2.17. The van der Waals surface area contributed by atoms with E-state index in [0.29, 0.717) is 0 Å². The molecule has 100 valence electrons. The van der Waals surface area contributed by atoms with Crippen molar-refractivity contribution in [3.05, 3.63) is 36.0 Å². The fraction of sp³-hybridized carbons (Fsp3) is 0.467. The molecule has 2 N–H and O–H groups in total. The lowest BCUT2D eigenvalue weighted by molar-refractivity contribution is 0.508. The number of hydrogen-bond acceptors (Lipinski definition) is 1. The molecule has 0 aliphatic rings. The molecule has 2 rings (SSSR count). The van der Waals surface area contributed by atoms with Crippen LogP contribution in [0.15, 0.2) is 30.5 Å². The Hall–Kier alpha value is -0.990. The van der Waals surface area contributed by atoms with E-state index in [9.17, 15) is 0 Å². The molecule has 3 heteroatoms. The summed E-state index contributed by atoms with van der Waals surface area (Å²) in [6.45, 7) is 4.49. The van der Waals surface area contributed by atoms with Crippen LogP contribution >= 0.6 is 12.4 Å². The lowest BCUT2D eigenvalue weighted by atomic mass is 9.98. The average Bonchev–Trinajstić information content (AvgIpc) is 2.65. The second-order valence-corrected chi connectivity index (χ2v) is 5.29. The van der Waals surface area contributed by atoms with Gasteiger partial charge in [-0.1, -0.05) is 32.0 Å². The van der Waals surface area contributed by atoms with Gasteiger partial charge in [0.25, 0.3) is 0 Å². The first-order valence-corrected chi connectivity index (χ1v) is 6.39. The molecule has 2 aromatic rings. The van der Waals surface area contributed by atoms with Crippen molar-refractivity contribution in [2.24, 2.45) is 18.7 Å². The van der Waals surface area contributed by atoms with Crippen LogP contribution in [-0.2, 0) is 7.05 Å². The highest BCUT2D eigenvalue weighted by Crippen LogP contribution is 2.27. The Kier molecular flexibility index (Phi) is 5.24. The van der Waals surface area contributed by atoms with Gasteiger partial charge in [0.2, 0.25) is 0 Å². The predicted octanol–water partition coefficient (Wildman–Crippen LogP) is 4.04. The molecule has 0 unspecified atom stereocenters. The minimum atomic E-state index is 0. The molecule has 1 heterocycles. The largest absolute Gasteiger partial charge is 0.350 e. The molecule has 0 amide bonds. The maximum atomic E-state index is 6.31. The summed E-state index contributed by atoms with van der Waals surface area (Å²) in [5.41, 5.74) is 8.86. The van der Waals surface area contributed by atoms with Crippen LogP contribution in [0.25, 0.3) is 10.9 Å². The summed E-state index contributed by atoms with van der Waals surface area (Å²) in [5, 5.41) is 1.30. The van der Waals surface area contributed by atoms with E-state index < -0.39 is 0 Å². The van der Waals surface area contributed by atoms with Gasteiger partial charge < -0.3 is 10.3 Å². The van der Waals surface area contributed by atoms with Crippen LogP contribution in [0.2, 0.25) is 0 Å². The smallest absolute Gasteiger partial charge is 0.0481 e. The molecular weight excluding hydrogens is 244 g/mol. The minimum absolute atomic E-state index is 0. The molecule has 18 heavy (non-hydrogen) atoms. The fourth-order valence-electron chi connectivity index (χ4n) is 2.34. The molecule has 0 saturated heterocycles. The van der Waals surface area contributed by atoms with Gasteiger partial charge >= 0.3 is 0 Å². The number of rotatable bonds is 4. The minimum Gasteiger partial charge on any atom is -0.350 e. The number of aryl methyl sites for hydroxylation is 1. The van der Waals surface area contributed by atoms with Crippen LogP contribution in [0.4, 0.5) is 0 Å². The van der Waals surface area contributed by atoms with E-state index >= 15 is 0 Å². The van der Waals surface area contributed by atoms with Gasteiger partial charge in [0.1, 0.15) is 0 Å². The molecule has 2 nitrogen and oxygen atoms in total. The van der Waals surface area contributed by atoms with Gasteiger partial charge in [0.05, 0.1) is 0 Å². The van der Waals surface area contributed by atoms with Gasteiger partial charge in [0, 0.05) is 30.2 Å². The lowest BCUT2D eigenvalue weighted by Crippen LogP contribution is -2.10. The third-order valence-corrected chi connectivity index (χ3v) is 3.38. The zero-order valence-electron chi connectivity index (χ0n) is 11.4. The van der Waals surface area contributed by atoms with Crippen molar-refractivity contribution in [1.29, 1.82) is 0 Å². The number of benzene rings is 1. The first kappa shape index (κ1) is 15.1. The summed E-state index contributed by atoms with van der Waals surface area (Å²) in [5.74, 6) is 0.719. The molecule has 0 saturated carbocycles. The molecule has 1 aromatic heterocycles. The molecule has 0 fully saturated rings. The van der Waals surface area contributed by atoms with Crippen molar-refractivity contribution < 1.29 is 0 Å². The molecule has 0 aliphatic carbocycles. The van der Waals surface area contributed by atoms with E-state index in [4.69, 9.17) is 5.73 Å². The molecule has 0 aliphatic heterocycles. The average molecular weight is 267 g/mol. The second kappa shape index (κ2) is 6.26. The standard InChI is InChI=1S/C15H22N2.ClH/c1-11(2)8-9-14(16)13-10-17(3)15-7-5-4-6-12(13)15;/h4-7,10-11,14H,8-9,16H2,1-3H3;1H/t14-;/m0./s1. The molecule has 1 aromatic carbocycles. The van der Waals surface area contributed by atoms with Crippen molar-refractivity contribution in [2.45, 2.75) is 32.7 Å². The van der Waals surface area contributed by atoms with Crippen molar-refractivity contribution in [2.75, 3.05) is 0 Å². The number of fused-ring (bicyclic) bond motifs is 1. The van der Waals surface area contributed by atoms with Crippen molar-refractivity contribution in [1.82, 2.24) is 4.57 Å². The highest BCUT2D eigenvalue weighted by atomic mass is 35.5. The maximum Gasteiger partial charge on any atom is 0.0481 e. The molecule has 0 radical (unpaired) electrons. The van der Waals surface area contributed by atoms with E-state index in [0.717, 1.165) is 12.3 Å². The second-order valence-electron chi connectivity index (χ2n) is 5.29. The molecular formula is C15H23ClN2. The van der Waals surface area contributed by atoms with E-state index in [1.807, 2.05) is 0 Å². The summed E-state index contributed by atoms with van der Waals surface area (Å²) in [7, 11) is 2.08. The van der Waals surface area contributed by atoms with Crippen LogP contribution in [0.1, 0.15) is 38.3 Å². The first-order chi connectivity index (χ1) is 8.09. The Labute approximate surface area is 116 Å². The zero-order chi connectivity index (χ0) is 12.4. The third-order valence-electron chi connectivity index (χ3n) is 3.38. The van der Waals surface area contributed by atoms with E-state index in [1.54, 1.807) is 0 Å². The summed E-state index contributed by atoms with van der Waals surface area (Å²) in [4.78, 5) is 0. The van der Waals surface area contributed by atoms with E-state index in [2.05, 4.69) is 55.9 Å². The predicted molar refractivity (Wildman–Crippen MR) is 81.2 cm³/mol. The Balaban J connectivity index is 0.00000162. The zero-order valence-corrected chi connectivity index (χ0v) is 12.2. The van der Waals surface area contributed by atoms with Crippen LogP contribution in [-0.4, -0.2) is 4.57 Å². The Morgan fingerprint density at radius 2 is 1.83 bits per heavy atom. The SMILES string of the molecule is CC(C)CC[C@H](N)c1cn(C)c2ccccc12.Cl. The van der Waals surface area contributed by atoms with Crippen LogP contribution in [0, 0.1) is 5.92 Å². The van der Waals surface area contributed by atoms with Gasteiger partial charge in [-0.15, -0.1) is 12.4 Å². The summed E-state index contributed by atoms with van der Waals surface area (Å²) >= 11 is 0. The summed E-state index contributed by atoms with van der Waals surface area (Å²) in [6, 6.07) is 8.63. The van der Waals surface area contributed by atoms with Gasteiger partial charge in [-0.2, -0.15) is 0 Å². The highest BCUT2D eigenvalue weighted by molar-refractivity contribution is 5.85. The molecule has 0 spiro atoms. The highest BCUT2D eigenvalue weighted by Gasteiger charge is 2.13. The normalized spacial score (nSPS) is 12.7. The monoisotopic (exact) mass is 266 g/mol. The number of aromatic nitrogens is 1. The fourth-order valence-corrected chi connectivity index (χ4v) is 2.34. The number of halogens is 1. The van der Waals surface area contributed by atoms with Crippen molar-refractivity contribution >= 4 is 23.3 Å².